The molecule has 1 aromatic carbocycles. The molecule has 19 heavy (non-hydrogen) atoms. The van der Waals surface area contributed by atoms with Crippen molar-refractivity contribution in [1.82, 2.24) is 0 Å². The molecule has 0 aliphatic carbocycles. The Kier molecular flexibility index (Phi) is 5.75. The van der Waals surface area contributed by atoms with E-state index >= 15 is 0 Å². The summed E-state index contributed by atoms with van der Waals surface area (Å²) in [5, 5.41) is 0. The van der Waals surface area contributed by atoms with Crippen LogP contribution in [-0.2, 0) is 0 Å². The Morgan fingerprint density at radius 3 is 2.42 bits per heavy atom. The zero-order valence-electron chi connectivity index (χ0n) is 12.3. The van der Waals surface area contributed by atoms with Gasteiger partial charge in [0, 0.05) is 11.0 Å². The molecule has 0 bridgehead atoms. The lowest BCUT2D eigenvalue weighted by molar-refractivity contribution is 0.0806. The third kappa shape index (κ3) is 4.51. The Labute approximate surface area is 117 Å². The highest BCUT2D eigenvalue weighted by molar-refractivity contribution is 6.00. The molecule has 0 aliphatic rings. The minimum atomic E-state index is -0.352. The molecule has 1 unspecified atom stereocenters. The second-order valence-electron chi connectivity index (χ2n) is 5.57. The van der Waals surface area contributed by atoms with E-state index in [2.05, 4.69) is 26.5 Å². The number of Topliss-reactive ketones (excluding diaryl/α,β-unsaturated/α-hetero) is 1. The molecule has 0 aromatic heterocycles. The summed E-state index contributed by atoms with van der Waals surface area (Å²) in [6.07, 6.45) is 6.56. The van der Waals surface area contributed by atoms with Crippen molar-refractivity contribution in [3.8, 4) is 0 Å². The maximum atomic E-state index is 12.7. The molecule has 1 heteroatoms. The first-order valence-corrected chi connectivity index (χ1v) is 6.84. The van der Waals surface area contributed by atoms with Gasteiger partial charge in [0.25, 0.3) is 0 Å². The third-order valence-electron chi connectivity index (χ3n) is 3.43. The van der Waals surface area contributed by atoms with Gasteiger partial charge in [-0.1, -0.05) is 55.0 Å². The van der Waals surface area contributed by atoms with E-state index in [1.54, 1.807) is 0 Å². The van der Waals surface area contributed by atoms with Crippen molar-refractivity contribution in [2.75, 3.05) is 0 Å². The van der Waals surface area contributed by atoms with E-state index in [1.165, 1.54) is 5.57 Å². The number of benzene rings is 1. The first kappa shape index (κ1) is 15.4. The molecule has 0 saturated heterocycles. The average Bonchev–Trinajstić information content (AvgIpc) is 2.38. The third-order valence-corrected chi connectivity index (χ3v) is 3.43. The van der Waals surface area contributed by atoms with Gasteiger partial charge in [0.1, 0.15) is 0 Å². The number of hydrogen-bond acceptors (Lipinski definition) is 1. The van der Waals surface area contributed by atoms with Crippen molar-refractivity contribution in [1.29, 1.82) is 0 Å². The monoisotopic (exact) mass is 256 g/mol. The van der Waals surface area contributed by atoms with E-state index < -0.39 is 0 Å². The van der Waals surface area contributed by atoms with E-state index in [4.69, 9.17) is 0 Å². The Balaban J connectivity index is 2.89. The molecule has 0 heterocycles. The summed E-state index contributed by atoms with van der Waals surface area (Å²) in [4.78, 5) is 12.7. The molecule has 1 nitrogen and oxygen atoms in total. The highest BCUT2D eigenvalue weighted by Gasteiger charge is 2.31. The number of carbonyl (C=O) groups is 1. The molecule has 0 radical (unpaired) electrons. The number of hydrogen-bond donors (Lipinski definition) is 0. The summed E-state index contributed by atoms with van der Waals surface area (Å²) in [7, 11) is 0. The number of carbonyl (C=O) groups excluding carboxylic acids is 1. The van der Waals surface area contributed by atoms with Crippen LogP contribution in [0.15, 0.2) is 54.6 Å². The Morgan fingerprint density at radius 2 is 1.89 bits per heavy atom. The first-order chi connectivity index (χ1) is 8.99. The summed E-state index contributed by atoms with van der Waals surface area (Å²) < 4.78 is 0. The molecule has 0 fully saturated rings. The molecular weight excluding hydrogens is 232 g/mol. The quantitative estimate of drug-likeness (QED) is 0.484. The fourth-order valence-corrected chi connectivity index (χ4v) is 2.24. The number of ketones is 1. The topological polar surface area (TPSA) is 17.1 Å². The lowest BCUT2D eigenvalue weighted by Crippen LogP contribution is -2.27. The van der Waals surface area contributed by atoms with Crippen LogP contribution in [0.25, 0.3) is 0 Å². The van der Waals surface area contributed by atoms with Crippen LogP contribution in [0.2, 0.25) is 0 Å². The summed E-state index contributed by atoms with van der Waals surface area (Å²) in [6, 6.07) is 9.55. The van der Waals surface area contributed by atoms with Crippen LogP contribution in [0.1, 0.15) is 50.4 Å². The predicted octanol–water partition coefficient (Wildman–Crippen LogP) is 5.20. The van der Waals surface area contributed by atoms with Gasteiger partial charge in [-0.3, -0.25) is 4.79 Å². The van der Waals surface area contributed by atoms with Crippen molar-refractivity contribution in [2.45, 2.75) is 40.0 Å². The highest BCUT2D eigenvalue weighted by Crippen LogP contribution is 2.32. The highest BCUT2D eigenvalue weighted by atomic mass is 16.1. The molecule has 0 amide bonds. The van der Waals surface area contributed by atoms with Crippen molar-refractivity contribution >= 4 is 5.78 Å². The fourth-order valence-electron chi connectivity index (χ4n) is 2.24. The van der Waals surface area contributed by atoms with Crippen molar-refractivity contribution in [3.05, 3.63) is 60.2 Å². The van der Waals surface area contributed by atoms with Gasteiger partial charge in [-0.2, -0.15) is 0 Å². The molecule has 1 aromatic rings. The zero-order chi connectivity index (χ0) is 14.3. The van der Waals surface area contributed by atoms with Crippen LogP contribution in [0, 0.1) is 5.41 Å². The van der Waals surface area contributed by atoms with Gasteiger partial charge >= 0.3 is 0 Å². The molecule has 1 rings (SSSR count). The standard InChI is InChI=1S/C18H24O/c1-5-13-18(4,14-9-10-15(2)3)17(19)16-11-7-6-8-12-16/h5-8,10-12H,1,9,13-14H2,2-4H3. The van der Waals surface area contributed by atoms with E-state index in [0.29, 0.717) is 0 Å². The molecule has 0 spiro atoms. The van der Waals surface area contributed by atoms with Crippen LogP contribution < -0.4 is 0 Å². The summed E-state index contributed by atoms with van der Waals surface area (Å²) in [6.45, 7) is 10.0. The molecule has 0 N–H and O–H groups in total. The first-order valence-electron chi connectivity index (χ1n) is 6.84. The minimum absolute atomic E-state index is 0.218. The van der Waals surface area contributed by atoms with E-state index in [9.17, 15) is 4.79 Å². The SMILES string of the molecule is C=CCC(C)(CCC=C(C)C)C(=O)c1ccccc1. The van der Waals surface area contributed by atoms with Crippen LogP contribution in [-0.4, -0.2) is 5.78 Å². The summed E-state index contributed by atoms with van der Waals surface area (Å²) in [5.74, 6) is 0.218. The average molecular weight is 256 g/mol. The normalized spacial score (nSPS) is 13.4. The summed E-state index contributed by atoms with van der Waals surface area (Å²) in [5.41, 5.74) is 1.74. The molecule has 102 valence electrons. The van der Waals surface area contributed by atoms with E-state index in [1.807, 2.05) is 43.3 Å². The minimum Gasteiger partial charge on any atom is -0.294 e. The van der Waals surface area contributed by atoms with Gasteiger partial charge in [0.15, 0.2) is 5.78 Å². The van der Waals surface area contributed by atoms with Gasteiger partial charge in [-0.15, -0.1) is 6.58 Å². The number of allylic oxidation sites excluding steroid dienone is 3. The second kappa shape index (κ2) is 7.08. The Morgan fingerprint density at radius 1 is 1.26 bits per heavy atom. The Hall–Kier alpha value is -1.63. The van der Waals surface area contributed by atoms with E-state index in [0.717, 1.165) is 24.8 Å². The molecule has 0 saturated carbocycles. The van der Waals surface area contributed by atoms with Gasteiger partial charge in [-0.05, 0) is 33.1 Å². The van der Waals surface area contributed by atoms with Gasteiger partial charge < -0.3 is 0 Å². The predicted molar refractivity (Wildman–Crippen MR) is 82.4 cm³/mol. The van der Waals surface area contributed by atoms with Crippen LogP contribution in [0.3, 0.4) is 0 Å². The Bertz CT molecular complexity index is 452. The van der Waals surface area contributed by atoms with Crippen LogP contribution in [0.4, 0.5) is 0 Å². The number of rotatable bonds is 7. The second-order valence-corrected chi connectivity index (χ2v) is 5.57. The van der Waals surface area contributed by atoms with Gasteiger partial charge in [0.05, 0.1) is 0 Å². The zero-order valence-corrected chi connectivity index (χ0v) is 12.3. The van der Waals surface area contributed by atoms with Crippen molar-refractivity contribution in [2.24, 2.45) is 5.41 Å². The summed E-state index contributed by atoms with van der Waals surface area (Å²) >= 11 is 0. The molecule has 1 atom stereocenters. The van der Waals surface area contributed by atoms with Crippen LogP contribution >= 0.6 is 0 Å². The van der Waals surface area contributed by atoms with Crippen molar-refractivity contribution < 1.29 is 4.79 Å². The largest absolute Gasteiger partial charge is 0.294 e. The maximum Gasteiger partial charge on any atom is 0.169 e. The lowest BCUT2D eigenvalue weighted by atomic mass is 9.75. The molecular formula is C18H24O. The molecule has 0 aliphatic heterocycles. The van der Waals surface area contributed by atoms with Gasteiger partial charge in [-0.25, -0.2) is 0 Å². The van der Waals surface area contributed by atoms with Gasteiger partial charge in [0.2, 0.25) is 0 Å². The van der Waals surface area contributed by atoms with Crippen molar-refractivity contribution in [3.63, 3.8) is 0 Å². The maximum absolute atomic E-state index is 12.7. The van der Waals surface area contributed by atoms with Crippen LogP contribution in [0.5, 0.6) is 0 Å². The fraction of sp³-hybridized carbons (Fsp3) is 0.389. The smallest absolute Gasteiger partial charge is 0.169 e. The lowest BCUT2D eigenvalue weighted by Gasteiger charge is -2.26. The van der Waals surface area contributed by atoms with E-state index in [-0.39, 0.29) is 11.2 Å².